The van der Waals surface area contributed by atoms with E-state index in [-0.39, 0.29) is 5.91 Å². The van der Waals surface area contributed by atoms with Gasteiger partial charge in [0.2, 0.25) is 11.9 Å². The van der Waals surface area contributed by atoms with Crippen molar-refractivity contribution >= 4 is 17.7 Å². The van der Waals surface area contributed by atoms with Gasteiger partial charge in [-0.2, -0.15) is 4.98 Å². The molecule has 0 radical (unpaired) electrons. The van der Waals surface area contributed by atoms with E-state index < -0.39 is 0 Å². The number of carbonyl (C=O) groups excluding carboxylic acids is 1. The Morgan fingerprint density at radius 1 is 0.967 bits per heavy atom. The number of carbonyl (C=O) groups is 1. The highest BCUT2D eigenvalue weighted by atomic mass is 16.5. The summed E-state index contributed by atoms with van der Waals surface area (Å²) in [6, 6.07) is 9.80. The summed E-state index contributed by atoms with van der Waals surface area (Å²) in [7, 11) is 1.64. The van der Waals surface area contributed by atoms with Crippen molar-refractivity contribution in [2.24, 2.45) is 0 Å². The fourth-order valence-electron chi connectivity index (χ4n) is 4.24. The number of ether oxygens (including phenoxy) is 1. The Balaban J connectivity index is 1.38. The number of piperidine rings is 1. The molecule has 3 heterocycles. The number of piperazine rings is 1. The van der Waals surface area contributed by atoms with Crippen molar-refractivity contribution in [3.8, 4) is 5.75 Å². The molecule has 0 bridgehead atoms. The van der Waals surface area contributed by atoms with Crippen LogP contribution in [-0.2, 0) is 11.2 Å². The summed E-state index contributed by atoms with van der Waals surface area (Å²) >= 11 is 0. The van der Waals surface area contributed by atoms with Crippen molar-refractivity contribution in [3.63, 3.8) is 0 Å². The van der Waals surface area contributed by atoms with Gasteiger partial charge in [-0.05, 0) is 32.3 Å². The van der Waals surface area contributed by atoms with Crippen LogP contribution in [0.4, 0.5) is 11.8 Å². The molecule has 2 aliphatic rings. The van der Waals surface area contributed by atoms with Crippen molar-refractivity contribution in [2.45, 2.75) is 32.6 Å². The number of aryl methyl sites for hydroxylation is 1. The lowest BCUT2D eigenvalue weighted by atomic mass is 10.1. The van der Waals surface area contributed by atoms with Crippen LogP contribution in [0, 0.1) is 6.92 Å². The molecule has 160 valence electrons. The standard InChI is InChI=1S/C23H31N5O2/c1-18-16-21(26-10-6-3-7-11-26)25-23(24-18)28-14-12-27(13-15-28)22(29)17-19-8-4-5-9-20(19)30-2/h4-5,8-9,16H,3,6-7,10-15,17H2,1-2H3. The molecule has 2 aromatic rings. The molecule has 0 unspecified atom stereocenters. The smallest absolute Gasteiger partial charge is 0.227 e. The van der Waals surface area contributed by atoms with Crippen LogP contribution in [0.1, 0.15) is 30.5 Å². The van der Waals surface area contributed by atoms with Gasteiger partial charge < -0.3 is 19.4 Å². The van der Waals surface area contributed by atoms with Crippen LogP contribution in [0.25, 0.3) is 0 Å². The number of nitrogens with zero attached hydrogens (tertiary/aromatic N) is 5. The van der Waals surface area contributed by atoms with Crippen LogP contribution in [0.2, 0.25) is 0 Å². The lowest BCUT2D eigenvalue weighted by molar-refractivity contribution is -0.130. The van der Waals surface area contributed by atoms with Gasteiger partial charge in [0.15, 0.2) is 0 Å². The van der Waals surface area contributed by atoms with Crippen LogP contribution in [0.3, 0.4) is 0 Å². The highest BCUT2D eigenvalue weighted by molar-refractivity contribution is 5.79. The lowest BCUT2D eigenvalue weighted by Gasteiger charge is -2.35. The summed E-state index contributed by atoms with van der Waals surface area (Å²) < 4.78 is 5.38. The third kappa shape index (κ3) is 4.66. The first-order valence-corrected chi connectivity index (χ1v) is 10.9. The molecule has 0 aliphatic carbocycles. The van der Waals surface area contributed by atoms with E-state index in [1.807, 2.05) is 36.1 Å². The topological polar surface area (TPSA) is 61.8 Å². The molecule has 0 N–H and O–H groups in total. The largest absolute Gasteiger partial charge is 0.496 e. The third-order valence-corrected chi connectivity index (χ3v) is 5.96. The van der Waals surface area contributed by atoms with Crippen LogP contribution >= 0.6 is 0 Å². The van der Waals surface area contributed by atoms with Gasteiger partial charge >= 0.3 is 0 Å². The number of hydrogen-bond acceptors (Lipinski definition) is 6. The molecule has 1 aromatic carbocycles. The van der Waals surface area contributed by atoms with E-state index in [9.17, 15) is 4.79 Å². The van der Waals surface area contributed by atoms with E-state index in [1.165, 1.54) is 19.3 Å². The molecular weight excluding hydrogens is 378 g/mol. The zero-order valence-corrected chi connectivity index (χ0v) is 18.0. The SMILES string of the molecule is COc1ccccc1CC(=O)N1CCN(c2nc(C)cc(N3CCCCC3)n2)CC1. The summed E-state index contributed by atoms with van der Waals surface area (Å²) in [4.78, 5) is 28.9. The molecule has 2 aliphatic heterocycles. The van der Waals surface area contributed by atoms with Gasteiger partial charge in [0.1, 0.15) is 11.6 Å². The molecule has 1 aromatic heterocycles. The second-order valence-electron chi connectivity index (χ2n) is 8.07. The average Bonchev–Trinajstić information content (AvgIpc) is 2.79. The Labute approximate surface area is 178 Å². The fourth-order valence-corrected chi connectivity index (χ4v) is 4.24. The number of anilines is 2. The molecule has 4 rings (SSSR count). The quantitative estimate of drug-likeness (QED) is 0.757. The minimum Gasteiger partial charge on any atom is -0.496 e. The van der Waals surface area contributed by atoms with Crippen molar-refractivity contribution < 1.29 is 9.53 Å². The maximum atomic E-state index is 12.8. The zero-order chi connectivity index (χ0) is 20.9. The summed E-state index contributed by atoms with van der Waals surface area (Å²) in [5.41, 5.74) is 1.93. The number of para-hydroxylation sites is 1. The van der Waals surface area contributed by atoms with Crippen LogP contribution in [0.15, 0.2) is 30.3 Å². The van der Waals surface area contributed by atoms with E-state index >= 15 is 0 Å². The van der Waals surface area contributed by atoms with E-state index in [1.54, 1.807) is 7.11 Å². The number of rotatable bonds is 5. The molecule has 7 heteroatoms. The minimum absolute atomic E-state index is 0.137. The third-order valence-electron chi connectivity index (χ3n) is 5.96. The normalized spacial score (nSPS) is 17.2. The minimum atomic E-state index is 0.137. The Hall–Kier alpha value is -2.83. The zero-order valence-electron chi connectivity index (χ0n) is 18.0. The first-order valence-electron chi connectivity index (χ1n) is 10.9. The van der Waals surface area contributed by atoms with E-state index in [0.29, 0.717) is 19.5 Å². The van der Waals surface area contributed by atoms with Gasteiger partial charge in [0, 0.05) is 56.6 Å². The predicted molar refractivity (Wildman–Crippen MR) is 118 cm³/mol. The number of methoxy groups -OCH3 is 1. The van der Waals surface area contributed by atoms with Crippen molar-refractivity contribution in [1.82, 2.24) is 14.9 Å². The maximum absolute atomic E-state index is 12.8. The summed E-state index contributed by atoms with van der Waals surface area (Å²) in [6.07, 6.45) is 4.12. The van der Waals surface area contributed by atoms with Gasteiger partial charge in [-0.15, -0.1) is 0 Å². The van der Waals surface area contributed by atoms with Crippen LogP contribution in [-0.4, -0.2) is 67.2 Å². The number of amides is 1. The molecule has 30 heavy (non-hydrogen) atoms. The van der Waals surface area contributed by atoms with Gasteiger partial charge in [-0.1, -0.05) is 18.2 Å². The van der Waals surface area contributed by atoms with E-state index in [2.05, 4.69) is 20.9 Å². The number of benzene rings is 1. The van der Waals surface area contributed by atoms with Gasteiger partial charge in [0.25, 0.3) is 0 Å². The second-order valence-corrected chi connectivity index (χ2v) is 8.07. The molecule has 0 atom stereocenters. The highest BCUT2D eigenvalue weighted by Crippen LogP contribution is 2.23. The molecule has 2 fully saturated rings. The first-order chi connectivity index (χ1) is 14.6. The molecule has 1 amide bonds. The van der Waals surface area contributed by atoms with Crippen LogP contribution < -0.4 is 14.5 Å². The monoisotopic (exact) mass is 409 g/mol. The molecule has 7 nitrogen and oxygen atoms in total. The predicted octanol–water partition coefficient (Wildman–Crippen LogP) is 2.68. The molecule has 2 saturated heterocycles. The van der Waals surface area contributed by atoms with E-state index in [0.717, 1.165) is 55.0 Å². The van der Waals surface area contributed by atoms with Crippen molar-refractivity contribution in [2.75, 3.05) is 56.2 Å². The summed E-state index contributed by atoms with van der Waals surface area (Å²) in [5, 5.41) is 0. The fraction of sp³-hybridized carbons (Fsp3) is 0.522. The highest BCUT2D eigenvalue weighted by Gasteiger charge is 2.24. The number of aromatic nitrogens is 2. The summed E-state index contributed by atoms with van der Waals surface area (Å²) in [5.74, 6) is 2.72. The first kappa shape index (κ1) is 20.4. The molecular formula is C23H31N5O2. The van der Waals surface area contributed by atoms with Gasteiger partial charge in [-0.25, -0.2) is 4.98 Å². The second kappa shape index (κ2) is 9.32. The Kier molecular flexibility index (Phi) is 6.35. The Morgan fingerprint density at radius 3 is 2.43 bits per heavy atom. The Bertz CT molecular complexity index is 874. The summed E-state index contributed by atoms with van der Waals surface area (Å²) in [6.45, 7) is 7.05. The van der Waals surface area contributed by atoms with Gasteiger partial charge in [-0.3, -0.25) is 4.79 Å². The Morgan fingerprint density at radius 2 is 1.70 bits per heavy atom. The molecule has 0 spiro atoms. The van der Waals surface area contributed by atoms with Crippen molar-refractivity contribution in [1.29, 1.82) is 0 Å². The van der Waals surface area contributed by atoms with E-state index in [4.69, 9.17) is 9.72 Å². The average molecular weight is 410 g/mol. The number of hydrogen-bond donors (Lipinski definition) is 0. The maximum Gasteiger partial charge on any atom is 0.227 e. The van der Waals surface area contributed by atoms with Crippen molar-refractivity contribution in [3.05, 3.63) is 41.6 Å². The molecule has 0 saturated carbocycles. The van der Waals surface area contributed by atoms with Gasteiger partial charge in [0.05, 0.1) is 13.5 Å². The lowest BCUT2D eigenvalue weighted by Crippen LogP contribution is -2.49. The van der Waals surface area contributed by atoms with Crippen LogP contribution in [0.5, 0.6) is 5.75 Å².